The molecule has 0 unspecified atom stereocenters. The fraction of sp³-hybridized carbons (Fsp3) is 0.857. The van der Waals surface area contributed by atoms with Gasteiger partial charge >= 0.3 is 20.2 Å². The molecular formula is C7H12F6NO5P. The average molecular weight is 335 g/mol. The Morgan fingerprint density at radius 2 is 1.40 bits per heavy atom. The lowest BCUT2D eigenvalue weighted by Gasteiger charge is -2.22. The maximum Gasteiger partial charge on any atom is 0.466 e. The molecule has 20 heavy (non-hydrogen) atoms. The summed E-state index contributed by atoms with van der Waals surface area (Å²) in [6, 6.07) is 0. The first-order valence-corrected chi connectivity index (χ1v) is 6.31. The van der Waals surface area contributed by atoms with Crippen LogP contribution in [0.2, 0.25) is 0 Å². The summed E-state index contributed by atoms with van der Waals surface area (Å²) in [5, 5.41) is 0. The highest BCUT2D eigenvalue weighted by molar-refractivity contribution is 7.45. The maximum atomic E-state index is 11.8. The third kappa shape index (κ3) is 19.5. The zero-order chi connectivity index (χ0) is 16.8. The molecule has 6 nitrogen and oxygen atoms in total. The second-order valence-corrected chi connectivity index (χ2v) is 4.35. The molecule has 0 radical (unpaired) electrons. The van der Waals surface area contributed by atoms with Gasteiger partial charge in [0.25, 0.3) is 0 Å². The monoisotopic (exact) mass is 335 g/mol. The molecule has 0 aromatic carbocycles. The number of halogens is 6. The van der Waals surface area contributed by atoms with Crippen LogP contribution in [0.5, 0.6) is 0 Å². The van der Waals surface area contributed by atoms with Gasteiger partial charge in [-0.3, -0.25) is 4.79 Å². The first-order valence-electron chi connectivity index (χ1n) is 4.74. The van der Waals surface area contributed by atoms with Gasteiger partial charge in [0.1, 0.15) is 13.0 Å². The number of carbonyl (C=O) groups is 1. The van der Waals surface area contributed by atoms with Crippen molar-refractivity contribution in [1.82, 2.24) is 4.90 Å². The lowest BCUT2D eigenvalue weighted by molar-refractivity contribution is -0.176. The van der Waals surface area contributed by atoms with E-state index < -0.39 is 45.6 Å². The predicted molar refractivity (Wildman–Crippen MR) is 53.2 cm³/mol. The molecule has 3 N–H and O–H groups in total. The highest BCUT2D eigenvalue weighted by atomic mass is 31.2. The average Bonchev–Trinajstić information content (AvgIpc) is 2.06. The van der Waals surface area contributed by atoms with Crippen LogP contribution in [0.3, 0.4) is 0 Å². The fourth-order valence-electron chi connectivity index (χ4n) is 0.876. The molecule has 1 amide bonds. The molecule has 0 aliphatic rings. The van der Waals surface area contributed by atoms with Crippen molar-refractivity contribution in [3.8, 4) is 0 Å². The van der Waals surface area contributed by atoms with E-state index in [1.807, 2.05) is 0 Å². The van der Waals surface area contributed by atoms with Crippen molar-refractivity contribution in [1.29, 1.82) is 0 Å². The molecule has 0 aromatic rings. The van der Waals surface area contributed by atoms with Gasteiger partial charge in [-0.25, -0.2) is 4.57 Å². The van der Waals surface area contributed by atoms with E-state index in [0.717, 1.165) is 0 Å². The van der Waals surface area contributed by atoms with Crippen LogP contribution in [0, 0.1) is 0 Å². The molecule has 13 heteroatoms. The van der Waals surface area contributed by atoms with Crippen molar-refractivity contribution in [2.24, 2.45) is 0 Å². The van der Waals surface area contributed by atoms with E-state index in [-0.39, 0.29) is 4.90 Å². The third-order valence-corrected chi connectivity index (χ3v) is 1.46. The van der Waals surface area contributed by atoms with Crippen LogP contribution in [0.1, 0.15) is 13.3 Å². The smallest absolute Gasteiger partial charge is 0.334 e. The Morgan fingerprint density at radius 3 is 1.60 bits per heavy atom. The van der Waals surface area contributed by atoms with Crippen molar-refractivity contribution in [3.05, 3.63) is 0 Å². The van der Waals surface area contributed by atoms with Crippen molar-refractivity contribution < 1.29 is 50.4 Å². The number of alkyl halides is 6. The van der Waals surface area contributed by atoms with E-state index in [9.17, 15) is 31.1 Å². The van der Waals surface area contributed by atoms with Crippen LogP contribution in [0.25, 0.3) is 0 Å². The molecular weight excluding hydrogens is 323 g/mol. The normalized spacial score (nSPS) is 12.5. The summed E-state index contributed by atoms with van der Waals surface area (Å²) < 4.78 is 79.4. The van der Waals surface area contributed by atoms with E-state index in [2.05, 4.69) is 0 Å². The van der Waals surface area contributed by atoms with Crippen LogP contribution < -0.4 is 0 Å². The summed E-state index contributed by atoms with van der Waals surface area (Å²) >= 11 is 0. The fourth-order valence-corrected chi connectivity index (χ4v) is 0.876. The summed E-state index contributed by atoms with van der Waals surface area (Å²) in [7, 11) is -4.64. The Balaban J connectivity index is 0. The molecule has 0 aliphatic heterocycles. The van der Waals surface area contributed by atoms with E-state index in [1.165, 1.54) is 6.92 Å². The highest BCUT2D eigenvalue weighted by Crippen LogP contribution is 2.26. The Labute approximate surface area is 109 Å². The highest BCUT2D eigenvalue weighted by Gasteiger charge is 2.37. The van der Waals surface area contributed by atoms with Gasteiger partial charge in [-0.1, -0.05) is 0 Å². The zero-order valence-electron chi connectivity index (χ0n) is 9.94. The molecule has 0 spiro atoms. The Kier molecular flexibility index (Phi) is 8.38. The number of hydrogen-bond donors (Lipinski definition) is 3. The number of rotatable bonds is 3. The molecule has 0 heterocycles. The lowest BCUT2D eigenvalue weighted by atomic mass is 10.3. The SMILES string of the molecule is CCN(CC(F)(F)F)C(=O)CC(F)(F)F.O=P(O)(O)O. The summed E-state index contributed by atoms with van der Waals surface area (Å²) in [5.41, 5.74) is 0. The van der Waals surface area contributed by atoms with Gasteiger partial charge in [0.15, 0.2) is 0 Å². The van der Waals surface area contributed by atoms with Crippen molar-refractivity contribution >= 4 is 13.7 Å². The summed E-state index contributed by atoms with van der Waals surface area (Å²) in [5.74, 6) is -1.57. The second-order valence-electron chi connectivity index (χ2n) is 3.33. The molecule has 0 aliphatic carbocycles. The second kappa shape index (κ2) is 7.81. The van der Waals surface area contributed by atoms with Crippen molar-refractivity contribution in [2.45, 2.75) is 25.7 Å². The minimum Gasteiger partial charge on any atom is -0.334 e. The number of carbonyl (C=O) groups excluding carboxylic acids is 1. The van der Waals surface area contributed by atoms with Crippen LogP contribution in [0.4, 0.5) is 26.3 Å². The predicted octanol–water partition coefficient (Wildman–Crippen LogP) is 1.42. The van der Waals surface area contributed by atoms with E-state index in [0.29, 0.717) is 0 Å². The molecule has 122 valence electrons. The molecule has 0 atom stereocenters. The van der Waals surface area contributed by atoms with Crippen molar-refractivity contribution in [2.75, 3.05) is 13.1 Å². The Bertz CT molecular complexity index is 342. The van der Waals surface area contributed by atoms with Gasteiger partial charge in [0, 0.05) is 6.54 Å². The largest absolute Gasteiger partial charge is 0.466 e. The minimum absolute atomic E-state index is 0.119. The van der Waals surface area contributed by atoms with Gasteiger partial charge < -0.3 is 19.6 Å². The number of phosphoric acid groups is 1. The number of nitrogens with zero attached hydrogens (tertiary/aromatic N) is 1. The van der Waals surface area contributed by atoms with E-state index in [1.54, 1.807) is 0 Å². The minimum atomic E-state index is -4.78. The van der Waals surface area contributed by atoms with Gasteiger partial charge in [0.2, 0.25) is 5.91 Å². The first kappa shape index (κ1) is 21.5. The van der Waals surface area contributed by atoms with Crippen LogP contribution >= 0.6 is 7.82 Å². The first-order chi connectivity index (χ1) is 8.55. The molecule has 0 rings (SSSR count). The van der Waals surface area contributed by atoms with Crippen molar-refractivity contribution in [3.63, 3.8) is 0 Å². The molecule has 0 bridgehead atoms. The maximum absolute atomic E-state index is 11.8. The number of hydrogen-bond acceptors (Lipinski definition) is 2. The Hall–Kier alpha value is -0.840. The summed E-state index contributed by atoms with van der Waals surface area (Å²) in [4.78, 5) is 32.5. The van der Waals surface area contributed by atoms with Crippen LogP contribution in [-0.4, -0.2) is 50.9 Å². The quantitative estimate of drug-likeness (QED) is 0.535. The van der Waals surface area contributed by atoms with Gasteiger partial charge in [-0.15, -0.1) is 0 Å². The molecule has 0 aromatic heterocycles. The van der Waals surface area contributed by atoms with E-state index >= 15 is 0 Å². The standard InChI is InChI=1S/C7H9F6NO.H3O4P/c1-2-14(4-7(11,12)13)5(15)3-6(8,9)10;1-5(2,3)4/h2-4H2,1H3;(H3,1,2,3,4). The van der Waals surface area contributed by atoms with Gasteiger partial charge in [0.05, 0.1) is 0 Å². The van der Waals surface area contributed by atoms with Gasteiger partial charge in [-0.05, 0) is 6.92 Å². The summed E-state index contributed by atoms with van der Waals surface area (Å²) in [6.45, 7) is -0.882. The van der Waals surface area contributed by atoms with Gasteiger partial charge in [-0.2, -0.15) is 26.3 Å². The number of amides is 1. The van der Waals surface area contributed by atoms with Crippen LogP contribution in [-0.2, 0) is 9.36 Å². The summed E-state index contributed by atoms with van der Waals surface area (Å²) in [6.07, 6.45) is -11.3. The molecule has 0 fully saturated rings. The Morgan fingerprint density at radius 1 is 1.05 bits per heavy atom. The lowest BCUT2D eigenvalue weighted by Crippen LogP contribution is -2.40. The van der Waals surface area contributed by atoms with Crippen LogP contribution in [0.15, 0.2) is 0 Å². The third-order valence-electron chi connectivity index (χ3n) is 1.46. The van der Waals surface area contributed by atoms with E-state index in [4.69, 9.17) is 19.2 Å². The molecule has 0 saturated carbocycles. The molecule has 0 saturated heterocycles. The topological polar surface area (TPSA) is 98.1 Å². The zero-order valence-corrected chi connectivity index (χ0v) is 10.8.